The van der Waals surface area contributed by atoms with Crippen LogP contribution in [0.3, 0.4) is 0 Å². The van der Waals surface area contributed by atoms with Crippen LogP contribution < -0.4 is 10.6 Å². The van der Waals surface area contributed by atoms with Crippen molar-refractivity contribution in [3.05, 3.63) is 71.3 Å². The van der Waals surface area contributed by atoms with Crippen molar-refractivity contribution in [2.24, 2.45) is 0 Å². The summed E-state index contributed by atoms with van der Waals surface area (Å²) in [6.45, 7) is 6.30. The fourth-order valence-corrected chi connectivity index (χ4v) is 2.93. The minimum atomic E-state index is -0.217. The maximum atomic E-state index is 11.6. The molecular formula is C23H31N3O3. The molecule has 0 unspecified atom stereocenters. The molecule has 29 heavy (non-hydrogen) atoms. The number of carbonyl (C=O) groups is 2. The van der Waals surface area contributed by atoms with Gasteiger partial charge in [0.05, 0.1) is 0 Å². The van der Waals surface area contributed by atoms with E-state index in [1.807, 2.05) is 30.3 Å². The highest BCUT2D eigenvalue weighted by Gasteiger charge is 2.16. The summed E-state index contributed by atoms with van der Waals surface area (Å²) in [5.41, 5.74) is 3.52. The molecule has 6 nitrogen and oxygen atoms in total. The van der Waals surface area contributed by atoms with E-state index in [2.05, 4.69) is 41.8 Å². The van der Waals surface area contributed by atoms with E-state index in [4.69, 9.17) is 4.74 Å². The van der Waals surface area contributed by atoms with Crippen molar-refractivity contribution >= 4 is 12.5 Å². The third kappa shape index (κ3) is 8.79. The lowest BCUT2D eigenvalue weighted by molar-refractivity contribution is -0.109. The molecule has 1 saturated heterocycles. The average Bonchev–Trinajstić information content (AvgIpc) is 2.79. The maximum absolute atomic E-state index is 11.6. The molecule has 2 aromatic carbocycles. The van der Waals surface area contributed by atoms with E-state index in [0.717, 1.165) is 50.1 Å². The zero-order valence-electron chi connectivity index (χ0n) is 17.1. The van der Waals surface area contributed by atoms with Gasteiger partial charge >= 0.3 is 6.09 Å². The van der Waals surface area contributed by atoms with E-state index in [1.165, 1.54) is 12.0 Å². The van der Waals surface area contributed by atoms with Gasteiger partial charge in [0.1, 0.15) is 6.61 Å². The van der Waals surface area contributed by atoms with Crippen molar-refractivity contribution in [3.8, 4) is 0 Å². The van der Waals surface area contributed by atoms with Crippen LogP contribution in [0.25, 0.3) is 0 Å². The SMILES string of the molecule is CCCc1ccc(CNC=O)cc1.O=C(OCc1ccccc1)N1CCNCC1. The van der Waals surface area contributed by atoms with Crippen LogP contribution in [0.5, 0.6) is 0 Å². The van der Waals surface area contributed by atoms with Gasteiger partial charge < -0.3 is 20.3 Å². The van der Waals surface area contributed by atoms with Crippen LogP contribution in [0.4, 0.5) is 4.79 Å². The molecule has 0 radical (unpaired) electrons. The molecule has 2 aromatic rings. The summed E-state index contributed by atoms with van der Waals surface area (Å²) in [5, 5.41) is 5.83. The highest BCUT2D eigenvalue weighted by Crippen LogP contribution is 2.06. The smallest absolute Gasteiger partial charge is 0.410 e. The number of carbonyl (C=O) groups excluding carboxylic acids is 2. The lowest BCUT2D eigenvalue weighted by Gasteiger charge is -2.26. The molecule has 156 valence electrons. The first-order valence-electron chi connectivity index (χ1n) is 10.1. The Morgan fingerprint density at radius 2 is 1.69 bits per heavy atom. The number of hydrogen-bond acceptors (Lipinski definition) is 4. The van der Waals surface area contributed by atoms with Crippen LogP contribution in [0.2, 0.25) is 0 Å². The van der Waals surface area contributed by atoms with Gasteiger partial charge in [0.2, 0.25) is 6.41 Å². The fraction of sp³-hybridized carbons (Fsp3) is 0.391. The molecule has 1 fully saturated rings. The van der Waals surface area contributed by atoms with E-state index in [-0.39, 0.29) is 6.09 Å². The van der Waals surface area contributed by atoms with Crippen molar-refractivity contribution in [1.82, 2.24) is 15.5 Å². The van der Waals surface area contributed by atoms with Gasteiger partial charge in [-0.25, -0.2) is 4.79 Å². The maximum Gasteiger partial charge on any atom is 0.410 e. The lowest BCUT2D eigenvalue weighted by Crippen LogP contribution is -2.46. The Labute approximate surface area is 173 Å². The van der Waals surface area contributed by atoms with Gasteiger partial charge in [-0.15, -0.1) is 0 Å². The standard InChI is InChI=1S/C12H16N2O2.C11H15NO/c15-12(14-8-6-13-7-9-14)16-10-11-4-2-1-3-5-11;1-2-3-10-4-6-11(7-5-10)8-12-9-13/h1-5,13H,6-10H2;4-7,9H,2-3,8H2,1H3,(H,12,13). The number of hydrogen-bond donors (Lipinski definition) is 2. The highest BCUT2D eigenvalue weighted by molar-refractivity contribution is 5.67. The monoisotopic (exact) mass is 397 g/mol. The molecule has 1 heterocycles. The fourth-order valence-electron chi connectivity index (χ4n) is 2.93. The molecule has 0 aromatic heterocycles. The van der Waals surface area contributed by atoms with E-state index in [1.54, 1.807) is 4.90 Å². The van der Waals surface area contributed by atoms with Gasteiger partial charge in [-0.05, 0) is 23.1 Å². The first-order valence-corrected chi connectivity index (χ1v) is 10.1. The highest BCUT2D eigenvalue weighted by atomic mass is 16.6. The molecular weight excluding hydrogens is 366 g/mol. The number of rotatable bonds is 7. The zero-order valence-corrected chi connectivity index (χ0v) is 17.1. The Bertz CT molecular complexity index is 714. The average molecular weight is 398 g/mol. The summed E-state index contributed by atoms with van der Waals surface area (Å²) >= 11 is 0. The normalized spacial score (nSPS) is 13.1. The number of ether oxygens (including phenoxy) is 1. The Hall–Kier alpha value is -2.86. The Kier molecular flexibility index (Phi) is 10.3. The summed E-state index contributed by atoms with van der Waals surface area (Å²) in [6.07, 6.45) is 2.80. The minimum Gasteiger partial charge on any atom is -0.445 e. The Morgan fingerprint density at radius 3 is 2.31 bits per heavy atom. The molecule has 0 spiro atoms. The number of nitrogens with zero attached hydrogens (tertiary/aromatic N) is 1. The predicted octanol–water partition coefficient (Wildman–Crippen LogP) is 3.11. The van der Waals surface area contributed by atoms with Crippen molar-refractivity contribution in [1.29, 1.82) is 0 Å². The lowest BCUT2D eigenvalue weighted by atomic mass is 10.1. The number of nitrogens with one attached hydrogen (secondary N) is 2. The molecule has 1 aliphatic rings. The van der Waals surface area contributed by atoms with Gasteiger partial charge in [-0.3, -0.25) is 4.79 Å². The van der Waals surface area contributed by atoms with Crippen molar-refractivity contribution in [2.75, 3.05) is 26.2 Å². The number of piperazine rings is 1. The number of benzene rings is 2. The van der Waals surface area contributed by atoms with Gasteiger partial charge in [0.25, 0.3) is 0 Å². The van der Waals surface area contributed by atoms with Crippen LogP contribution in [-0.2, 0) is 29.1 Å². The quantitative estimate of drug-likeness (QED) is 0.705. The molecule has 2 amide bonds. The Balaban J connectivity index is 0.000000212. The summed E-state index contributed by atoms with van der Waals surface area (Å²) in [5.74, 6) is 0. The summed E-state index contributed by atoms with van der Waals surface area (Å²) in [6, 6.07) is 18.1. The van der Waals surface area contributed by atoms with Gasteiger partial charge in [-0.2, -0.15) is 0 Å². The molecule has 1 aliphatic heterocycles. The van der Waals surface area contributed by atoms with Crippen LogP contribution in [-0.4, -0.2) is 43.6 Å². The van der Waals surface area contributed by atoms with E-state index in [0.29, 0.717) is 13.2 Å². The third-order valence-electron chi connectivity index (χ3n) is 4.53. The van der Waals surface area contributed by atoms with Crippen molar-refractivity contribution < 1.29 is 14.3 Å². The van der Waals surface area contributed by atoms with Crippen LogP contribution >= 0.6 is 0 Å². The molecule has 3 rings (SSSR count). The second-order valence-corrected chi connectivity index (χ2v) is 6.84. The van der Waals surface area contributed by atoms with Gasteiger partial charge in [-0.1, -0.05) is 67.9 Å². The molecule has 0 atom stereocenters. The number of aryl methyl sites for hydroxylation is 1. The third-order valence-corrected chi connectivity index (χ3v) is 4.53. The van der Waals surface area contributed by atoms with E-state index in [9.17, 15) is 9.59 Å². The van der Waals surface area contributed by atoms with Crippen molar-refractivity contribution in [2.45, 2.75) is 32.9 Å². The summed E-state index contributed by atoms with van der Waals surface area (Å²) in [4.78, 5) is 23.4. The largest absolute Gasteiger partial charge is 0.445 e. The molecule has 6 heteroatoms. The Morgan fingerprint density at radius 1 is 1.03 bits per heavy atom. The molecule has 0 saturated carbocycles. The summed E-state index contributed by atoms with van der Waals surface area (Å²) in [7, 11) is 0. The first kappa shape index (κ1) is 22.4. The molecule has 0 aliphatic carbocycles. The van der Waals surface area contributed by atoms with Gasteiger partial charge in [0, 0.05) is 32.7 Å². The van der Waals surface area contributed by atoms with Crippen LogP contribution in [0.1, 0.15) is 30.0 Å². The second-order valence-electron chi connectivity index (χ2n) is 6.84. The molecule has 0 bridgehead atoms. The molecule has 2 N–H and O–H groups in total. The zero-order chi connectivity index (χ0) is 20.7. The topological polar surface area (TPSA) is 70.7 Å². The van der Waals surface area contributed by atoms with E-state index < -0.39 is 0 Å². The second kappa shape index (κ2) is 13.3. The van der Waals surface area contributed by atoms with Crippen molar-refractivity contribution in [3.63, 3.8) is 0 Å². The minimum absolute atomic E-state index is 0.217. The number of amides is 2. The van der Waals surface area contributed by atoms with E-state index >= 15 is 0 Å². The van der Waals surface area contributed by atoms with Crippen LogP contribution in [0.15, 0.2) is 54.6 Å². The summed E-state index contributed by atoms with van der Waals surface area (Å²) < 4.78 is 5.23. The first-order chi connectivity index (χ1) is 14.2. The van der Waals surface area contributed by atoms with Crippen LogP contribution in [0, 0.1) is 0 Å². The van der Waals surface area contributed by atoms with Gasteiger partial charge in [0.15, 0.2) is 0 Å². The predicted molar refractivity (Wildman–Crippen MR) is 114 cm³/mol.